The highest BCUT2D eigenvalue weighted by Gasteiger charge is 2.38. The van der Waals surface area contributed by atoms with Crippen LogP contribution in [0.25, 0.3) is 0 Å². The molecule has 1 aliphatic heterocycles. The molecule has 2 rings (SSSR count). The molecule has 0 aromatic carbocycles. The first kappa shape index (κ1) is 15.3. The Kier molecular flexibility index (Phi) is 5.44. The van der Waals surface area contributed by atoms with Gasteiger partial charge in [0.05, 0.1) is 0 Å². The Hall–Kier alpha value is -1.06. The number of carbonyl (C=O) groups is 2. The Morgan fingerprint density at radius 2 is 1.85 bits per heavy atom. The highest BCUT2D eigenvalue weighted by atomic mass is 16.4. The zero-order valence-corrected chi connectivity index (χ0v) is 12.5. The van der Waals surface area contributed by atoms with E-state index in [0.29, 0.717) is 13.0 Å². The predicted octanol–water partition coefficient (Wildman–Crippen LogP) is 3.06. The third kappa shape index (κ3) is 3.74. The van der Waals surface area contributed by atoms with Gasteiger partial charge in [0.1, 0.15) is 6.04 Å². The maximum absolute atomic E-state index is 12.2. The van der Waals surface area contributed by atoms with Gasteiger partial charge in [0.2, 0.25) is 5.91 Å². The Bertz CT molecular complexity index is 350. The maximum Gasteiger partial charge on any atom is 0.326 e. The topological polar surface area (TPSA) is 57.6 Å². The van der Waals surface area contributed by atoms with Crippen molar-refractivity contribution in [3.63, 3.8) is 0 Å². The van der Waals surface area contributed by atoms with Crippen molar-refractivity contribution >= 4 is 11.9 Å². The number of hydrogen-bond acceptors (Lipinski definition) is 2. The van der Waals surface area contributed by atoms with Crippen molar-refractivity contribution < 1.29 is 14.7 Å². The molecule has 2 unspecified atom stereocenters. The van der Waals surface area contributed by atoms with Gasteiger partial charge in [0.25, 0.3) is 0 Å². The van der Waals surface area contributed by atoms with Crippen LogP contribution in [-0.2, 0) is 9.59 Å². The molecule has 1 saturated carbocycles. The average Bonchev–Trinajstić information content (AvgIpc) is 2.82. The standard InChI is InChI=1S/C16H27NO3/c1-12-10-11-17(15(12)16(19)20)14(18)9-5-8-13-6-3-2-4-7-13/h12-13,15H,2-11H2,1H3,(H,19,20). The Labute approximate surface area is 121 Å². The van der Waals surface area contributed by atoms with Gasteiger partial charge < -0.3 is 10.0 Å². The number of hydrogen-bond donors (Lipinski definition) is 1. The second-order valence-electron chi connectivity index (χ2n) is 6.53. The van der Waals surface area contributed by atoms with Crippen LogP contribution in [0.15, 0.2) is 0 Å². The van der Waals surface area contributed by atoms with Gasteiger partial charge in [0.15, 0.2) is 0 Å². The number of likely N-dealkylation sites (tertiary alicyclic amines) is 1. The molecule has 4 heteroatoms. The van der Waals surface area contributed by atoms with Gasteiger partial charge in [-0.15, -0.1) is 0 Å². The fourth-order valence-corrected chi connectivity index (χ4v) is 3.76. The normalized spacial score (nSPS) is 27.8. The van der Waals surface area contributed by atoms with E-state index < -0.39 is 12.0 Å². The van der Waals surface area contributed by atoms with Crippen molar-refractivity contribution in [3.8, 4) is 0 Å². The summed E-state index contributed by atoms with van der Waals surface area (Å²) in [6.45, 7) is 2.54. The molecule has 0 radical (unpaired) electrons. The van der Waals surface area contributed by atoms with Crippen LogP contribution in [0, 0.1) is 11.8 Å². The molecule has 1 amide bonds. The minimum Gasteiger partial charge on any atom is -0.480 e. The van der Waals surface area contributed by atoms with Crippen molar-refractivity contribution in [3.05, 3.63) is 0 Å². The predicted molar refractivity (Wildman–Crippen MR) is 77.3 cm³/mol. The summed E-state index contributed by atoms with van der Waals surface area (Å²) in [6.07, 6.45) is 10.0. The number of aliphatic carboxylic acids is 1. The molecular weight excluding hydrogens is 254 g/mol. The summed E-state index contributed by atoms with van der Waals surface area (Å²) in [5, 5.41) is 9.24. The van der Waals surface area contributed by atoms with Crippen molar-refractivity contribution in [1.82, 2.24) is 4.90 Å². The lowest BCUT2D eigenvalue weighted by atomic mass is 9.86. The summed E-state index contributed by atoms with van der Waals surface area (Å²) >= 11 is 0. The third-order valence-corrected chi connectivity index (χ3v) is 5.00. The van der Waals surface area contributed by atoms with Crippen LogP contribution < -0.4 is 0 Å². The summed E-state index contributed by atoms with van der Waals surface area (Å²) in [6, 6.07) is -0.600. The summed E-state index contributed by atoms with van der Waals surface area (Å²) in [5.74, 6) is 0.0623. The maximum atomic E-state index is 12.2. The van der Waals surface area contributed by atoms with Gasteiger partial charge in [-0.25, -0.2) is 4.79 Å². The monoisotopic (exact) mass is 281 g/mol. The van der Waals surface area contributed by atoms with Gasteiger partial charge in [-0.3, -0.25) is 4.79 Å². The number of carboxylic acid groups (broad SMARTS) is 1. The molecule has 1 N–H and O–H groups in total. The van der Waals surface area contributed by atoms with Crippen LogP contribution in [-0.4, -0.2) is 34.5 Å². The van der Waals surface area contributed by atoms with E-state index in [4.69, 9.17) is 0 Å². The largest absolute Gasteiger partial charge is 0.480 e. The zero-order chi connectivity index (χ0) is 14.5. The molecule has 0 bridgehead atoms. The second kappa shape index (κ2) is 7.09. The van der Waals surface area contributed by atoms with Gasteiger partial charge >= 0.3 is 5.97 Å². The number of carbonyl (C=O) groups excluding carboxylic acids is 1. The highest BCUT2D eigenvalue weighted by molar-refractivity contribution is 5.84. The van der Waals surface area contributed by atoms with Gasteiger partial charge in [-0.05, 0) is 31.1 Å². The Morgan fingerprint density at radius 3 is 2.50 bits per heavy atom. The van der Waals surface area contributed by atoms with Crippen LogP contribution in [0.2, 0.25) is 0 Å². The fourth-order valence-electron chi connectivity index (χ4n) is 3.76. The molecule has 2 aliphatic rings. The fraction of sp³-hybridized carbons (Fsp3) is 0.875. The smallest absolute Gasteiger partial charge is 0.326 e. The summed E-state index contributed by atoms with van der Waals surface area (Å²) < 4.78 is 0. The third-order valence-electron chi connectivity index (χ3n) is 5.00. The molecule has 1 heterocycles. The van der Waals surface area contributed by atoms with Crippen molar-refractivity contribution in [2.24, 2.45) is 11.8 Å². The zero-order valence-electron chi connectivity index (χ0n) is 12.5. The molecule has 114 valence electrons. The first-order valence-corrected chi connectivity index (χ1v) is 8.12. The van der Waals surface area contributed by atoms with Crippen LogP contribution in [0.1, 0.15) is 64.7 Å². The first-order valence-electron chi connectivity index (χ1n) is 8.12. The van der Waals surface area contributed by atoms with Crippen LogP contribution in [0.5, 0.6) is 0 Å². The average molecular weight is 281 g/mol. The molecule has 0 aromatic heterocycles. The van der Waals surface area contributed by atoms with E-state index >= 15 is 0 Å². The molecule has 1 saturated heterocycles. The van der Waals surface area contributed by atoms with Crippen LogP contribution in [0.4, 0.5) is 0 Å². The van der Waals surface area contributed by atoms with Gasteiger partial charge in [0, 0.05) is 13.0 Å². The molecule has 2 atom stereocenters. The number of nitrogens with zero attached hydrogens (tertiary/aromatic N) is 1. The van der Waals surface area contributed by atoms with E-state index in [2.05, 4.69) is 0 Å². The Morgan fingerprint density at radius 1 is 1.15 bits per heavy atom. The van der Waals surface area contributed by atoms with Crippen molar-refractivity contribution in [1.29, 1.82) is 0 Å². The number of amides is 1. The lowest BCUT2D eigenvalue weighted by molar-refractivity contribution is -0.149. The summed E-state index contributed by atoms with van der Waals surface area (Å²) in [5.41, 5.74) is 0. The second-order valence-corrected chi connectivity index (χ2v) is 6.53. The summed E-state index contributed by atoms with van der Waals surface area (Å²) in [7, 11) is 0. The van der Waals surface area contributed by atoms with E-state index in [1.54, 1.807) is 4.90 Å². The van der Waals surface area contributed by atoms with E-state index in [0.717, 1.165) is 25.2 Å². The van der Waals surface area contributed by atoms with Gasteiger partial charge in [-0.2, -0.15) is 0 Å². The SMILES string of the molecule is CC1CCN(C(=O)CCCC2CCCCC2)C1C(=O)O. The molecule has 20 heavy (non-hydrogen) atoms. The molecule has 4 nitrogen and oxygen atoms in total. The molecular formula is C16H27NO3. The van der Waals surface area contributed by atoms with E-state index in [1.807, 2.05) is 6.92 Å². The molecule has 0 spiro atoms. The minimum atomic E-state index is -0.851. The van der Waals surface area contributed by atoms with Gasteiger partial charge in [-0.1, -0.05) is 39.0 Å². The first-order chi connectivity index (χ1) is 9.59. The summed E-state index contributed by atoms with van der Waals surface area (Å²) in [4.78, 5) is 25.1. The van der Waals surface area contributed by atoms with E-state index in [9.17, 15) is 14.7 Å². The molecule has 1 aliphatic carbocycles. The van der Waals surface area contributed by atoms with Crippen molar-refractivity contribution in [2.45, 2.75) is 70.8 Å². The minimum absolute atomic E-state index is 0.0394. The van der Waals surface area contributed by atoms with E-state index in [-0.39, 0.29) is 11.8 Å². The number of rotatable bonds is 5. The van der Waals surface area contributed by atoms with Crippen molar-refractivity contribution in [2.75, 3.05) is 6.54 Å². The molecule has 0 aromatic rings. The molecule has 2 fully saturated rings. The highest BCUT2D eigenvalue weighted by Crippen LogP contribution is 2.29. The van der Waals surface area contributed by atoms with Crippen LogP contribution in [0.3, 0.4) is 0 Å². The van der Waals surface area contributed by atoms with Crippen LogP contribution >= 0.6 is 0 Å². The Balaban J connectivity index is 1.75. The lowest BCUT2D eigenvalue weighted by Gasteiger charge is -2.24. The lowest BCUT2D eigenvalue weighted by Crippen LogP contribution is -2.42. The quantitative estimate of drug-likeness (QED) is 0.842. The number of carboxylic acids is 1. The van der Waals surface area contributed by atoms with E-state index in [1.165, 1.54) is 32.1 Å².